The summed E-state index contributed by atoms with van der Waals surface area (Å²) in [7, 11) is -3.48. The second-order valence-electron chi connectivity index (χ2n) is 4.72. The Kier molecular flexibility index (Phi) is 3.59. The van der Waals surface area contributed by atoms with Crippen LogP contribution in [-0.4, -0.2) is 13.4 Å². The smallest absolute Gasteiger partial charge is 0.240 e. The SMILES string of the molecule is Cc1nc(CNS(=O)(=O)c2ccc3c(c2)CNC3)cs1. The lowest BCUT2D eigenvalue weighted by molar-refractivity contribution is 0.580. The first kappa shape index (κ1) is 13.7. The van der Waals surface area contributed by atoms with E-state index >= 15 is 0 Å². The van der Waals surface area contributed by atoms with Crippen molar-refractivity contribution >= 4 is 21.4 Å². The third-order valence-electron chi connectivity index (χ3n) is 3.23. The summed E-state index contributed by atoms with van der Waals surface area (Å²) < 4.78 is 27.1. The zero-order valence-electron chi connectivity index (χ0n) is 11.0. The topological polar surface area (TPSA) is 71.1 Å². The maximum absolute atomic E-state index is 12.3. The van der Waals surface area contributed by atoms with Crippen LogP contribution >= 0.6 is 11.3 Å². The Bertz CT molecular complexity index is 738. The fourth-order valence-electron chi connectivity index (χ4n) is 2.18. The maximum Gasteiger partial charge on any atom is 0.240 e. The summed E-state index contributed by atoms with van der Waals surface area (Å²) in [5.41, 5.74) is 2.97. The zero-order valence-corrected chi connectivity index (χ0v) is 12.6. The van der Waals surface area contributed by atoms with Crippen molar-refractivity contribution in [3.63, 3.8) is 0 Å². The summed E-state index contributed by atoms with van der Waals surface area (Å²) in [6.07, 6.45) is 0. The van der Waals surface area contributed by atoms with E-state index in [1.807, 2.05) is 18.4 Å². The van der Waals surface area contributed by atoms with Gasteiger partial charge in [0.05, 0.1) is 22.1 Å². The van der Waals surface area contributed by atoms with Gasteiger partial charge in [-0.2, -0.15) is 0 Å². The molecule has 20 heavy (non-hydrogen) atoms. The van der Waals surface area contributed by atoms with E-state index in [0.29, 0.717) is 4.90 Å². The Morgan fingerprint density at radius 3 is 2.90 bits per heavy atom. The summed E-state index contributed by atoms with van der Waals surface area (Å²) >= 11 is 1.51. The number of rotatable bonds is 4. The molecule has 1 aromatic heterocycles. The van der Waals surface area contributed by atoms with Crippen LogP contribution in [-0.2, 0) is 29.7 Å². The summed E-state index contributed by atoms with van der Waals surface area (Å²) in [6.45, 7) is 3.66. The van der Waals surface area contributed by atoms with Crippen LogP contribution in [0.25, 0.3) is 0 Å². The van der Waals surface area contributed by atoms with Gasteiger partial charge in [0, 0.05) is 18.5 Å². The summed E-state index contributed by atoms with van der Waals surface area (Å²) in [5, 5.41) is 6.00. The standard InChI is InChI=1S/C13H15N3O2S2/c1-9-16-12(8-19-9)7-15-20(17,18)13-3-2-10-5-14-6-11(10)4-13/h2-4,8,14-15H,5-7H2,1H3. The van der Waals surface area contributed by atoms with E-state index in [4.69, 9.17) is 0 Å². The lowest BCUT2D eigenvalue weighted by atomic mass is 10.1. The molecular weight excluding hydrogens is 294 g/mol. The molecule has 2 N–H and O–H groups in total. The fraction of sp³-hybridized carbons (Fsp3) is 0.308. The second-order valence-corrected chi connectivity index (χ2v) is 7.55. The van der Waals surface area contributed by atoms with Crippen LogP contribution in [0.4, 0.5) is 0 Å². The van der Waals surface area contributed by atoms with E-state index in [-0.39, 0.29) is 6.54 Å². The lowest BCUT2D eigenvalue weighted by Crippen LogP contribution is -2.23. The molecule has 0 spiro atoms. The zero-order chi connectivity index (χ0) is 14.2. The molecule has 0 saturated heterocycles. The summed E-state index contributed by atoms with van der Waals surface area (Å²) in [4.78, 5) is 4.56. The van der Waals surface area contributed by atoms with Crippen LogP contribution in [0.1, 0.15) is 21.8 Å². The van der Waals surface area contributed by atoms with Crippen LogP contribution in [0.15, 0.2) is 28.5 Å². The third kappa shape index (κ3) is 2.76. The average molecular weight is 309 g/mol. The van der Waals surface area contributed by atoms with Crippen molar-refractivity contribution in [1.82, 2.24) is 15.0 Å². The molecule has 0 fully saturated rings. The first-order chi connectivity index (χ1) is 9.54. The Morgan fingerprint density at radius 2 is 2.15 bits per heavy atom. The highest BCUT2D eigenvalue weighted by molar-refractivity contribution is 7.89. The molecule has 1 aliphatic heterocycles. The number of fused-ring (bicyclic) bond motifs is 1. The number of nitrogens with zero attached hydrogens (tertiary/aromatic N) is 1. The summed E-state index contributed by atoms with van der Waals surface area (Å²) in [6, 6.07) is 5.27. The maximum atomic E-state index is 12.3. The largest absolute Gasteiger partial charge is 0.309 e. The first-order valence-corrected chi connectivity index (χ1v) is 8.64. The van der Waals surface area contributed by atoms with Gasteiger partial charge in [-0.25, -0.2) is 18.1 Å². The Morgan fingerprint density at radius 1 is 1.35 bits per heavy atom. The van der Waals surface area contributed by atoms with Gasteiger partial charge in [-0.15, -0.1) is 11.3 Å². The molecule has 0 radical (unpaired) electrons. The molecule has 0 atom stereocenters. The first-order valence-electron chi connectivity index (χ1n) is 6.28. The van der Waals surface area contributed by atoms with Crippen molar-refractivity contribution in [2.24, 2.45) is 0 Å². The molecular formula is C13H15N3O2S2. The molecule has 0 saturated carbocycles. The van der Waals surface area contributed by atoms with Crippen molar-refractivity contribution in [1.29, 1.82) is 0 Å². The predicted molar refractivity (Wildman–Crippen MR) is 77.9 cm³/mol. The van der Waals surface area contributed by atoms with Crippen molar-refractivity contribution in [2.75, 3.05) is 0 Å². The number of aromatic nitrogens is 1. The van der Waals surface area contributed by atoms with Gasteiger partial charge in [0.2, 0.25) is 10.0 Å². The van der Waals surface area contributed by atoms with E-state index in [2.05, 4.69) is 15.0 Å². The molecule has 3 rings (SSSR count). The van der Waals surface area contributed by atoms with E-state index < -0.39 is 10.0 Å². The van der Waals surface area contributed by atoms with Crippen LogP contribution < -0.4 is 10.0 Å². The highest BCUT2D eigenvalue weighted by Crippen LogP contribution is 2.20. The van der Waals surface area contributed by atoms with Gasteiger partial charge in [0.1, 0.15) is 0 Å². The Labute approximate surface area is 122 Å². The van der Waals surface area contributed by atoms with E-state index in [1.165, 1.54) is 16.9 Å². The minimum atomic E-state index is -3.48. The number of thiazole rings is 1. The fourth-order valence-corrected chi connectivity index (χ4v) is 3.84. The molecule has 7 heteroatoms. The van der Waals surface area contributed by atoms with Gasteiger partial charge in [-0.1, -0.05) is 6.07 Å². The van der Waals surface area contributed by atoms with Gasteiger partial charge in [-0.3, -0.25) is 0 Å². The molecule has 0 bridgehead atoms. The highest BCUT2D eigenvalue weighted by atomic mass is 32.2. The number of aryl methyl sites for hydroxylation is 1. The molecule has 0 unspecified atom stereocenters. The molecule has 2 heterocycles. The number of hydrogen-bond acceptors (Lipinski definition) is 5. The second kappa shape index (κ2) is 5.25. The summed E-state index contributed by atoms with van der Waals surface area (Å²) in [5.74, 6) is 0. The van der Waals surface area contributed by atoms with Crippen molar-refractivity contribution in [2.45, 2.75) is 31.5 Å². The minimum Gasteiger partial charge on any atom is -0.309 e. The molecule has 106 valence electrons. The van der Waals surface area contributed by atoms with E-state index in [0.717, 1.165) is 29.4 Å². The minimum absolute atomic E-state index is 0.224. The number of hydrogen-bond donors (Lipinski definition) is 2. The van der Waals surface area contributed by atoms with Crippen LogP contribution in [0.2, 0.25) is 0 Å². The molecule has 1 aliphatic rings. The van der Waals surface area contributed by atoms with E-state index in [1.54, 1.807) is 12.1 Å². The molecule has 5 nitrogen and oxygen atoms in total. The monoisotopic (exact) mass is 309 g/mol. The van der Waals surface area contributed by atoms with Crippen LogP contribution in [0, 0.1) is 6.92 Å². The molecule has 0 amide bonds. The van der Waals surface area contributed by atoms with Crippen molar-refractivity contribution < 1.29 is 8.42 Å². The number of benzene rings is 1. The normalized spacial score (nSPS) is 14.4. The average Bonchev–Trinajstić information content (AvgIpc) is 3.04. The van der Waals surface area contributed by atoms with Gasteiger partial charge < -0.3 is 5.32 Å². The predicted octanol–water partition coefficient (Wildman–Crippen LogP) is 1.53. The number of nitrogens with one attached hydrogen (secondary N) is 2. The van der Waals surface area contributed by atoms with Gasteiger partial charge in [0.25, 0.3) is 0 Å². The highest BCUT2D eigenvalue weighted by Gasteiger charge is 2.18. The lowest BCUT2D eigenvalue weighted by Gasteiger charge is -2.07. The van der Waals surface area contributed by atoms with E-state index in [9.17, 15) is 8.42 Å². The van der Waals surface area contributed by atoms with Gasteiger partial charge >= 0.3 is 0 Å². The quantitative estimate of drug-likeness (QED) is 0.898. The molecule has 1 aromatic carbocycles. The molecule has 0 aliphatic carbocycles. The van der Waals surface area contributed by atoms with Gasteiger partial charge in [-0.05, 0) is 30.2 Å². The number of sulfonamides is 1. The third-order valence-corrected chi connectivity index (χ3v) is 5.45. The van der Waals surface area contributed by atoms with Crippen LogP contribution in [0.3, 0.4) is 0 Å². The Balaban J connectivity index is 1.78. The van der Waals surface area contributed by atoms with Crippen molar-refractivity contribution in [3.05, 3.63) is 45.4 Å². The molecule has 2 aromatic rings. The Hall–Kier alpha value is -1.28. The van der Waals surface area contributed by atoms with Crippen molar-refractivity contribution in [3.8, 4) is 0 Å². The van der Waals surface area contributed by atoms with Crippen LogP contribution in [0.5, 0.6) is 0 Å². The van der Waals surface area contributed by atoms with Gasteiger partial charge in [0.15, 0.2) is 0 Å².